The molecule has 0 fully saturated rings. The van der Waals surface area contributed by atoms with Gasteiger partial charge in [-0.1, -0.05) is 23.7 Å². The van der Waals surface area contributed by atoms with Crippen molar-refractivity contribution in [2.45, 2.75) is 17.9 Å². The van der Waals surface area contributed by atoms with Gasteiger partial charge in [0, 0.05) is 18.0 Å². The zero-order valence-corrected chi connectivity index (χ0v) is 13.1. The van der Waals surface area contributed by atoms with Gasteiger partial charge >= 0.3 is 0 Å². The van der Waals surface area contributed by atoms with E-state index in [9.17, 15) is 8.42 Å². The number of halogens is 1. The first kappa shape index (κ1) is 15.5. The molecule has 2 rings (SSSR count). The summed E-state index contributed by atoms with van der Waals surface area (Å²) in [5.41, 5.74) is 6.38. The van der Waals surface area contributed by atoms with E-state index in [1.54, 1.807) is 24.3 Å². The summed E-state index contributed by atoms with van der Waals surface area (Å²) in [4.78, 5) is 1.30. The molecule has 0 unspecified atom stereocenters. The third-order valence-electron chi connectivity index (χ3n) is 2.76. The van der Waals surface area contributed by atoms with Crippen LogP contribution < -0.4 is 10.5 Å². The maximum atomic E-state index is 12.1. The van der Waals surface area contributed by atoms with Crippen LogP contribution in [0.15, 0.2) is 41.3 Å². The van der Waals surface area contributed by atoms with Crippen LogP contribution in [0.5, 0.6) is 0 Å². The van der Waals surface area contributed by atoms with Crippen LogP contribution in [0.2, 0.25) is 4.34 Å². The van der Waals surface area contributed by atoms with Gasteiger partial charge in [-0.05, 0) is 36.2 Å². The average Bonchev–Trinajstić information content (AvgIpc) is 2.84. The van der Waals surface area contributed by atoms with E-state index < -0.39 is 10.0 Å². The molecule has 0 aliphatic heterocycles. The Morgan fingerprint density at radius 3 is 2.40 bits per heavy atom. The highest BCUT2D eigenvalue weighted by Gasteiger charge is 2.13. The first-order valence-electron chi connectivity index (χ1n) is 6.04. The van der Waals surface area contributed by atoms with Crippen molar-refractivity contribution in [3.05, 3.63) is 51.2 Å². The number of nitrogens with two attached hydrogens (primary N) is 1. The SMILES string of the molecule is NCc1ccc(S(=O)(=O)NCCc2ccc(Cl)s2)cc1. The standard InChI is InChI=1S/C13H15ClN2O2S2/c14-13-6-3-11(19-13)7-8-16-20(17,18)12-4-1-10(9-15)2-5-12/h1-6,16H,7-9,15H2. The van der Waals surface area contributed by atoms with Crippen LogP contribution in [-0.2, 0) is 23.0 Å². The van der Waals surface area contributed by atoms with Crippen molar-refractivity contribution in [3.63, 3.8) is 0 Å². The van der Waals surface area contributed by atoms with Crippen molar-refractivity contribution in [3.8, 4) is 0 Å². The van der Waals surface area contributed by atoms with Crippen molar-refractivity contribution >= 4 is 33.0 Å². The lowest BCUT2D eigenvalue weighted by Gasteiger charge is -2.06. The molecular weight excluding hydrogens is 316 g/mol. The normalized spacial score (nSPS) is 11.7. The van der Waals surface area contributed by atoms with Gasteiger partial charge in [-0.3, -0.25) is 0 Å². The molecule has 0 atom stereocenters. The highest BCUT2D eigenvalue weighted by Crippen LogP contribution is 2.21. The third kappa shape index (κ3) is 4.04. The van der Waals surface area contributed by atoms with E-state index in [4.69, 9.17) is 17.3 Å². The molecule has 2 aromatic rings. The highest BCUT2D eigenvalue weighted by molar-refractivity contribution is 7.89. The molecule has 1 aromatic carbocycles. The average molecular weight is 331 g/mol. The Hall–Kier alpha value is -0.920. The lowest BCUT2D eigenvalue weighted by Crippen LogP contribution is -2.25. The Morgan fingerprint density at radius 2 is 1.85 bits per heavy atom. The largest absolute Gasteiger partial charge is 0.326 e. The summed E-state index contributed by atoms with van der Waals surface area (Å²) in [5, 5.41) is 0. The number of rotatable bonds is 6. The summed E-state index contributed by atoms with van der Waals surface area (Å²) >= 11 is 7.28. The molecule has 0 bridgehead atoms. The molecule has 0 saturated heterocycles. The first-order valence-corrected chi connectivity index (χ1v) is 8.72. The molecule has 7 heteroatoms. The molecule has 1 heterocycles. The smallest absolute Gasteiger partial charge is 0.240 e. The fraction of sp³-hybridized carbons (Fsp3) is 0.231. The summed E-state index contributed by atoms with van der Waals surface area (Å²) in [6.45, 7) is 0.741. The van der Waals surface area contributed by atoms with Crippen molar-refractivity contribution < 1.29 is 8.42 Å². The Balaban J connectivity index is 1.96. The lowest BCUT2D eigenvalue weighted by atomic mass is 10.2. The first-order chi connectivity index (χ1) is 9.51. The number of hydrogen-bond acceptors (Lipinski definition) is 4. The summed E-state index contributed by atoms with van der Waals surface area (Å²) in [6, 6.07) is 10.3. The van der Waals surface area contributed by atoms with Gasteiger partial charge in [-0.2, -0.15) is 0 Å². The van der Waals surface area contributed by atoms with E-state index in [-0.39, 0.29) is 4.90 Å². The number of hydrogen-bond donors (Lipinski definition) is 2. The Morgan fingerprint density at radius 1 is 1.15 bits per heavy atom. The van der Waals surface area contributed by atoms with Crippen LogP contribution in [-0.4, -0.2) is 15.0 Å². The molecule has 1 aromatic heterocycles. The molecule has 3 N–H and O–H groups in total. The zero-order valence-electron chi connectivity index (χ0n) is 10.7. The zero-order chi connectivity index (χ0) is 14.6. The topological polar surface area (TPSA) is 72.2 Å². The lowest BCUT2D eigenvalue weighted by molar-refractivity contribution is 0.582. The molecular formula is C13H15ClN2O2S2. The van der Waals surface area contributed by atoms with Crippen molar-refractivity contribution in [2.75, 3.05) is 6.54 Å². The Labute approximate surface area is 127 Å². The van der Waals surface area contributed by atoms with Crippen LogP contribution in [0.4, 0.5) is 0 Å². The van der Waals surface area contributed by atoms with Gasteiger partial charge in [-0.15, -0.1) is 11.3 Å². The maximum Gasteiger partial charge on any atom is 0.240 e. The second-order valence-electron chi connectivity index (χ2n) is 4.20. The van der Waals surface area contributed by atoms with Crippen LogP contribution in [0.3, 0.4) is 0 Å². The van der Waals surface area contributed by atoms with E-state index in [1.807, 2.05) is 12.1 Å². The van der Waals surface area contributed by atoms with Gasteiger partial charge < -0.3 is 5.73 Å². The summed E-state index contributed by atoms with van der Waals surface area (Å²) in [7, 11) is -3.47. The molecule has 0 amide bonds. The molecule has 0 radical (unpaired) electrons. The van der Waals surface area contributed by atoms with E-state index in [2.05, 4.69) is 4.72 Å². The third-order valence-corrected chi connectivity index (χ3v) is 5.53. The predicted molar refractivity (Wildman–Crippen MR) is 82.6 cm³/mol. The summed E-state index contributed by atoms with van der Waals surface area (Å²) < 4.78 is 27.4. The van der Waals surface area contributed by atoms with E-state index in [0.29, 0.717) is 23.8 Å². The van der Waals surface area contributed by atoms with Gasteiger partial charge in [0.25, 0.3) is 0 Å². The molecule has 4 nitrogen and oxygen atoms in total. The van der Waals surface area contributed by atoms with Gasteiger partial charge in [0.1, 0.15) is 0 Å². The van der Waals surface area contributed by atoms with E-state index >= 15 is 0 Å². The second kappa shape index (κ2) is 6.69. The quantitative estimate of drug-likeness (QED) is 0.854. The van der Waals surface area contributed by atoms with Crippen LogP contribution >= 0.6 is 22.9 Å². The molecule has 0 aliphatic rings. The van der Waals surface area contributed by atoms with Gasteiger partial charge in [0.2, 0.25) is 10.0 Å². The molecule has 20 heavy (non-hydrogen) atoms. The minimum atomic E-state index is -3.47. The van der Waals surface area contributed by atoms with Crippen LogP contribution in [0.1, 0.15) is 10.4 Å². The van der Waals surface area contributed by atoms with E-state index in [1.165, 1.54) is 11.3 Å². The predicted octanol–water partition coefficient (Wildman–Crippen LogP) is 2.38. The van der Waals surface area contributed by atoms with Gasteiger partial charge in [-0.25, -0.2) is 13.1 Å². The number of sulfonamides is 1. The molecule has 0 saturated carbocycles. The second-order valence-corrected chi connectivity index (χ2v) is 7.77. The number of nitrogens with one attached hydrogen (secondary N) is 1. The molecule has 108 valence electrons. The van der Waals surface area contributed by atoms with Gasteiger partial charge in [0.15, 0.2) is 0 Å². The van der Waals surface area contributed by atoms with Crippen molar-refractivity contribution in [1.29, 1.82) is 0 Å². The van der Waals surface area contributed by atoms with Gasteiger partial charge in [0.05, 0.1) is 9.23 Å². The number of thiophene rings is 1. The minimum Gasteiger partial charge on any atom is -0.326 e. The van der Waals surface area contributed by atoms with Crippen LogP contribution in [0, 0.1) is 0 Å². The fourth-order valence-corrected chi connectivity index (χ4v) is 3.80. The van der Waals surface area contributed by atoms with Crippen molar-refractivity contribution in [1.82, 2.24) is 4.72 Å². The maximum absolute atomic E-state index is 12.1. The molecule has 0 spiro atoms. The Bertz CT molecular complexity index is 666. The summed E-state index contributed by atoms with van der Waals surface area (Å²) in [5.74, 6) is 0. The van der Waals surface area contributed by atoms with E-state index in [0.717, 1.165) is 10.4 Å². The Kier molecular flexibility index (Phi) is 5.17. The monoisotopic (exact) mass is 330 g/mol. The minimum absolute atomic E-state index is 0.249. The molecule has 0 aliphatic carbocycles. The summed E-state index contributed by atoms with van der Waals surface area (Å²) in [6.07, 6.45) is 0.623. The fourth-order valence-electron chi connectivity index (χ4n) is 1.68. The van der Waals surface area contributed by atoms with Crippen LogP contribution in [0.25, 0.3) is 0 Å². The number of benzene rings is 1. The van der Waals surface area contributed by atoms with Crippen molar-refractivity contribution in [2.24, 2.45) is 5.73 Å². The highest BCUT2D eigenvalue weighted by atomic mass is 35.5.